The Bertz CT molecular complexity index is 244. The number of rotatable bonds is 20. The summed E-state index contributed by atoms with van der Waals surface area (Å²) in [5, 5.41) is 3.23. The molecule has 0 fully saturated rings. The molecule has 0 aliphatic rings. The number of nitrogens with one attached hydrogen (secondary N) is 1. The molecule has 0 rings (SSSR count). The minimum absolute atomic E-state index is 0.783. The molecule has 7 N–H and O–H groups in total. The van der Waals surface area contributed by atoms with Crippen LogP contribution in [0.2, 0.25) is 0 Å². The second-order valence-electron chi connectivity index (χ2n) is 6.98. The van der Waals surface area contributed by atoms with E-state index in [0.717, 1.165) is 65.1 Å². The maximum Gasteiger partial charge on any atom is -0.000663 e. The summed E-state index contributed by atoms with van der Waals surface area (Å²) in [6.07, 6.45) is 9.75. The number of hydrogen-bond donors (Lipinski definition) is 4. The van der Waals surface area contributed by atoms with Gasteiger partial charge in [-0.25, -0.2) is 0 Å². The smallest absolute Gasteiger partial charge is 0.000663 e. The van der Waals surface area contributed by atoms with Crippen LogP contribution in [0.4, 0.5) is 0 Å². The predicted molar refractivity (Wildman–Crippen MR) is 111 cm³/mol. The van der Waals surface area contributed by atoms with E-state index >= 15 is 0 Å². The summed E-state index contributed by atoms with van der Waals surface area (Å²) < 4.78 is 0. The van der Waals surface area contributed by atoms with Crippen molar-refractivity contribution in [2.45, 2.75) is 51.4 Å². The average molecular weight is 359 g/mol. The van der Waals surface area contributed by atoms with E-state index in [2.05, 4.69) is 15.1 Å². The third kappa shape index (κ3) is 17.0. The van der Waals surface area contributed by atoms with Gasteiger partial charge in [-0.1, -0.05) is 12.8 Å². The van der Waals surface area contributed by atoms with Crippen molar-refractivity contribution in [3.05, 3.63) is 0 Å². The maximum absolute atomic E-state index is 5.66. The minimum Gasteiger partial charge on any atom is -0.330 e. The van der Waals surface area contributed by atoms with E-state index in [1.54, 1.807) is 0 Å². The normalized spacial score (nSPS) is 11.8. The summed E-state index contributed by atoms with van der Waals surface area (Å²) in [4.78, 5) is 5.12. The molecule has 0 bridgehead atoms. The highest BCUT2D eigenvalue weighted by Crippen LogP contribution is 2.05. The van der Waals surface area contributed by atoms with Crippen molar-refractivity contribution in [2.24, 2.45) is 17.2 Å². The molecule has 0 amide bonds. The zero-order valence-corrected chi connectivity index (χ0v) is 16.9. The second kappa shape index (κ2) is 20.1. The summed E-state index contributed by atoms with van der Waals surface area (Å²) in [6.45, 7) is 10.4. The average Bonchev–Trinajstić information content (AvgIpc) is 2.63. The van der Waals surface area contributed by atoms with Crippen LogP contribution >= 0.6 is 0 Å². The first kappa shape index (κ1) is 24.8. The molecule has 0 aromatic rings. The second-order valence-corrected chi connectivity index (χ2v) is 6.98. The van der Waals surface area contributed by atoms with Gasteiger partial charge in [0, 0.05) is 0 Å². The third-order valence-corrected chi connectivity index (χ3v) is 4.64. The van der Waals surface area contributed by atoms with Crippen LogP contribution in [-0.4, -0.2) is 82.3 Å². The Morgan fingerprint density at radius 3 is 1.24 bits per heavy atom. The quantitative estimate of drug-likeness (QED) is 0.241. The van der Waals surface area contributed by atoms with Crippen molar-refractivity contribution in [1.29, 1.82) is 0 Å². The summed E-state index contributed by atoms with van der Waals surface area (Å²) in [6, 6.07) is 0. The lowest BCUT2D eigenvalue weighted by molar-refractivity contribution is 0.252. The van der Waals surface area contributed by atoms with Crippen molar-refractivity contribution < 1.29 is 0 Å². The minimum atomic E-state index is 0.783. The molecule has 0 aliphatic carbocycles. The van der Waals surface area contributed by atoms with Gasteiger partial charge in [0.15, 0.2) is 0 Å². The molecule has 6 nitrogen and oxygen atoms in total. The monoisotopic (exact) mass is 358 g/mol. The van der Waals surface area contributed by atoms with Gasteiger partial charge in [0.1, 0.15) is 0 Å². The fraction of sp³-hybridized carbons (Fsp3) is 1.00. The van der Waals surface area contributed by atoms with Gasteiger partial charge in [-0.2, -0.15) is 0 Å². The molecule has 0 aromatic carbocycles. The largest absolute Gasteiger partial charge is 0.330 e. The topological polar surface area (TPSA) is 96.6 Å². The summed E-state index contributed by atoms with van der Waals surface area (Å²) in [5.41, 5.74) is 16.9. The van der Waals surface area contributed by atoms with Gasteiger partial charge in [0.25, 0.3) is 0 Å². The van der Waals surface area contributed by atoms with Crippen LogP contribution in [0.3, 0.4) is 0 Å². The number of nitrogens with zero attached hydrogens (tertiary/aromatic N) is 2. The van der Waals surface area contributed by atoms with Crippen LogP contribution < -0.4 is 22.5 Å². The summed E-state index contributed by atoms with van der Waals surface area (Å²) in [7, 11) is 2.02. The fourth-order valence-electron chi connectivity index (χ4n) is 3.12. The molecular formula is C19H46N6. The number of hydrogen-bond acceptors (Lipinski definition) is 6. The van der Waals surface area contributed by atoms with Crippen molar-refractivity contribution >= 4 is 0 Å². The first-order valence-electron chi connectivity index (χ1n) is 10.5. The highest BCUT2D eigenvalue weighted by Gasteiger charge is 2.05. The summed E-state index contributed by atoms with van der Waals surface area (Å²) in [5.74, 6) is 0. The highest BCUT2D eigenvalue weighted by molar-refractivity contribution is 4.62. The van der Waals surface area contributed by atoms with Crippen LogP contribution in [0.25, 0.3) is 0 Å². The van der Waals surface area contributed by atoms with Crippen molar-refractivity contribution in [3.8, 4) is 0 Å². The predicted octanol–water partition coefficient (Wildman–Crippen LogP) is 0.807. The van der Waals surface area contributed by atoms with Gasteiger partial charge in [-0.05, 0) is 111 Å². The highest BCUT2D eigenvalue weighted by atomic mass is 15.1. The Balaban J connectivity index is 3.78. The first-order chi connectivity index (χ1) is 12.3. The Kier molecular flexibility index (Phi) is 19.9. The standard InChI is InChI=1S/C19H46N6/c1-23-13-9-19-25(18-8-12-22)15-5-3-2-4-14-24(16-6-10-20)17-7-11-21/h23H,2-22H2,1H3. The van der Waals surface area contributed by atoms with E-state index in [4.69, 9.17) is 17.2 Å². The van der Waals surface area contributed by atoms with E-state index < -0.39 is 0 Å². The molecule has 0 spiro atoms. The molecule has 0 saturated carbocycles. The van der Waals surface area contributed by atoms with Gasteiger partial charge in [-0.15, -0.1) is 0 Å². The van der Waals surface area contributed by atoms with Crippen molar-refractivity contribution in [2.75, 3.05) is 72.5 Å². The van der Waals surface area contributed by atoms with Gasteiger partial charge >= 0.3 is 0 Å². The van der Waals surface area contributed by atoms with Crippen LogP contribution in [0, 0.1) is 0 Å². The first-order valence-corrected chi connectivity index (χ1v) is 10.5. The SMILES string of the molecule is CNCCCN(CCCN)CCCCCCN(CCCN)CCCN. The Morgan fingerprint density at radius 2 is 0.880 bits per heavy atom. The van der Waals surface area contributed by atoms with Crippen LogP contribution in [0.15, 0.2) is 0 Å². The van der Waals surface area contributed by atoms with Gasteiger partial charge < -0.3 is 32.3 Å². The van der Waals surface area contributed by atoms with Crippen molar-refractivity contribution in [1.82, 2.24) is 15.1 Å². The Labute approximate surface area is 156 Å². The van der Waals surface area contributed by atoms with E-state index in [-0.39, 0.29) is 0 Å². The summed E-state index contributed by atoms with van der Waals surface area (Å²) >= 11 is 0. The molecule has 0 aromatic heterocycles. The lowest BCUT2D eigenvalue weighted by Gasteiger charge is -2.23. The fourth-order valence-corrected chi connectivity index (χ4v) is 3.12. The molecule has 0 unspecified atom stereocenters. The molecular weight excluding hydrogens is 312 g/mol. The van der Waals surface area contributed by atoms with Crippen LogP contribution in [-0.2, 0) is 0 Å². The number of nitrogens with two attached hydrogens (primary N) is 3. The molecule has 0 atom stereocenters. The Morgan fingerprint density at radius 1 is 0.520 bits per heavy atom. The maximum atomic E-state index is 5.66. The zero-order valence-electron chi connectivity index (χ0n) is 16.9. The van der Waals surface area contributed by atoms with E-state index in [1.807, 2.05) is 7.05 Å². The van der Waals surface area contributed by atoms with Crippen molar-refractivity contribution in [3.63, 3.8) is 0 Å². The lowest BCUT2D eigenvalue weighted by Crippen LogP contribution is -2.30. The van der Waals surface area contributed by atoms with Gasteiger partial charge in [0.05, 0.1) is 0 Å². The lowest BCUT2D eigenvalue weighted by atomic mass is 10.1. The molecule has 152 valence electrons. The van der Waals surface area contributed by atoms with Crippen LogP contribution in [0.5, 0.6) is 0 Å². The van der Waals surface area contributed by atoms with E-state index in [1.165, 1.54) is 51.7 Å². The van der Waals surface area contributed by atoms with E-state index in [9.17, 15) is 0 Å². The van der Waals surface area contributed by atoms with Crippen LogP contribution in [0.1, 0.15) is 51.4 Å². The molecule has 6 heteroatoms. The Hall–Kier alpha value is -0.240. The van der Waals surface area contributed by atoms with E-state index in [0.29, 0.717) is 0 Å². The number of unbranched alkanes of at least 4 members (excludes halogenated alkanes) is 3. The molecule has 0 aliphatic heterocycles. The van der Waals surface area contributed by atoms with Gasteiger partial charge in [0.2, 0.25) is 0 Å². The van der Waals surface area contributed by atoms with Gasteiger partial charge in [-0.3, -0.25) is 0 Å². The molecule has 0 heterocycles. The zero-order chi connectivity index (χ0) is 18.6. The third-order valence-electron chi connectivity index (χ3n) is 4.64. The molecule has 0 saturated heterocycles. The molecule has 25 heavy (non-hydrogen) atoms. The molecule has 0 radical (unpaired) electrons.